The molecule has 6 nitrogen and oxygen atoms in total. The first-order valence-electron chi connectivity index (χ1n) is 7.05. The Labute approximate surface area is 134 Å². The Morgan fingerprint density at radius 3 is 2.57 bits per heavy atom. The van der Waals surface area contributed by atoms with Crippen LogP contribution >= 0.6 is 0 Å². The Morgan fingerprint density at radius 1 is 1.17 bits per heavy atom. The van der Waals surface area contributed by atoms with Crippen molar-refractivity contribution in [1.29, 1.82) is 0 Å². The van der Waals surface area contributed by atoms with E-state index in [4.69, 9.17) is 9.47 Å². The number of amides is 1. The number of nitrogens with zero attached hydrogens (tertiary/aromatic N) is 1. The maximum Gasteiger partial charge on any atom is 0.412 e. The Morgan fingerprint density at radius 2 is 1.96 bits per heavy atom. The van der Waals surface area contributed by atoms with Crippen molar-refractivity contribution in [3.8, 4) is 11.5 Å². The topological polar surface area (TPSA) is 77.5 Å². The zero-order chi connectivity index (χ0) is 16.9. The van der Waals surface area contributed by atoms with Crippen molar-refractivity contribution in [1.82, 2.24) is 4.98 Å². The number of rotatable bonds is 4. The van der Waals surface area contributed by atoms with Gasteiger partial charge in [-0.25, -0.2) is 9.78 Å². The van der Waals surface area contributed by atoms with Crippen molar-refractivity contribution in [2.75, 3.05) is 5.32 Å². The number of hydrogen-bond acceptors (Lipinski definition) is 5. The first kappa shape index (κ1) is 16.5. The van der Waals surface area contributed by atoms with Crippen LogP contribution in [0.25, 0.3) is 0 Å². The molecule has 0 saturated heterocycles. The molecule has 0 bridgehead atoms. The molecule has 120 valence electrons. The second-order valence-electron chi connectivity index (χ2n) is 5.79. The average molecular weight is 314 g/mol. The van der Waals surface area contributed by atoms with Crippen LogP contribution in [0.1, 0.15) is 31.3 Å². The van der Waals surface area contributed by atoms with E-state index in [2.05, 4.69) is 10.3 Å². The molecule has 0 aliphatic rings. The zero-order valence-corrected chi connectivity index (χ0v) is 13.2. The zero-order valence-electron chi connectivity index (χ0n) is 13.2. The molecule has 0 unspecified atom stereocenters. The van der Waals surface area contributed by atoms with Crippen LogP contribution in [0.15, 0.2) is 42.6 Å². The lowest BCUT2D eigenvalue weighted by molar-refractivity contribution is 0.0636. The van der Waals surface area contributed by atoms with Crippen LogP contribution in [0, 0.1) is 0 Å². The molecular formula is C17H18N2O4. The van der Waals surface area contributed by atoms with Gasteiger partial charge in [0, 0.05) is 11.8 Å². The molecule has 0 radical (unpaired) electrons. The van der Waals surface area contributed by atoms with Gasteiger partial charge >= 0.3 is 6.09 Å². The van der Waals surface area contributed by atoms with Gasteiger partial charge in [0.2, 0.25) is 0 Å². The van der Waals surface area contributed by atoms with Gasteiger partial charge in [-0.15, -0.1) is 0 Å². The summed E-state index contributed by atoms with van der Waals surface area (Å²) in [4.78, 5) is 26.2. The lowest BCUT2D eigenvalue weighted by Gasteiger charge is -2.19. The van der Waals surface area contributed by atoms with Gasteiger partial charge < -0.3 is 9.47 Å². The van der Waals surface area contributed by atoms with Crippen molar-refractivity contribution < 1.29 is 19.1 Å². The van der Waals surface area contributed by atoms with E-state index in [0.717, 1.165) is 0 Å². The summed E-state index contributed by atoms with van der Waals surface area (Å²) in [7, 11) is 0. The fourth-order valence-electron chi connectivity index (χ4n) is 1.72. The predicted molar refractivity (Wildman–Crippen MR) is 86.0 cm³/mol. The summed E-state index contributed by atoms with van der Waals surface area (Å²) in [6, 6.07) is 10.1. The Bertz CT molecular complexity index is 690. The van der Waals surface area contributed by atoms with Crippen LogP contribution < -0.4 is 10.1 Å². The monoisotopic (exact) mass is 314 g/mol. The molecule has 0 aliphatic heterocycles. The minimum absolute atomic E-state index is 0.331. The smallest absolute Gasteiger partial charge is 0.412 e. The summed E-state index contributed by atoms with van der Waals surface area (Å²) in [6.07, 6.45) is 1.58. The Hall–Kier alpha value is -2.89. The van der Waals surface area contributed by atoms with Crippen molar-refractivity contribution >= 4 is 18.1 Å². The highest BCUT2D eigenvalue weighted by atomic mass is 16.6. The van der Waals surface area contributed by atoms with Gasteiger partial charge in [-0.05, 0) is 45.0 Å². The van der Waals surface area contributed by atoms with Gasteiger partial charge in [0.25, 0.3) is 0 Å². The Balaban J connectivity index is 2.04. The highest BCUT2D eigenvalue weighted by Gasteiger charge is 2.16. The molecule has 0 atom stereocenters. The van der Waals surface area contributed by atoms with Crippen molar-refractivity contribution in [3.63, 3.8) is 0 Å². The average Bonchev–Trinajstić information content (AvgIpc) is 2.46. The van der Waals surface area contributed by atoms with Crippen molar-refractivity contribution in [2.45, 2.75) is 26.4 Å². The van der Waals surface area contributed by atoms with Gasteiger partial charge in [-0.1, -0.05) is 6.07 Å². The van der Waals surface area contributed by atoms with Crippen LogP contribution in [-0.2, 0) is 4.74 Å². The molecule has 1 heterocycles. The molecule has 0 spiro atoms. The lowest BCUT2D eigenvalue weighted by atomic mass is 10.2. The van der Waals surface area contributed by atoms with E-state index >= 15 is 0 Å². The van der Waals surface area contributed by atoms with Crippen LogP contribution in [-0.4, -0.2) is 23.0 Å². The SMILES string of the molecule is CC(C)(C)OC(=O)Nc1cccc(Oc2ccc(C=O)nc2)c1. The van der Waals surface area contributed by atoms with Crippen LogP contribution in [0.5, 0.6) is 11.5 Å². The van der Waals surface area contributed by atoms with Crippen molar-refractivity contribution in [3.05, 3.63) is 48.3 Å². The van der Waals surface area contributed by atoms with Gasteiger partial charge in [-0.3, -0.25) is 10.1 Å². The third-order valence-electron chi connectivity index (χ3n) is 2.59. The second kappa shape index (κ2) is 6.91. The van der Waals surface area contributed by atoms with Gasteiger partial charge in [-0.2, -0.15) is 0 Å². The van der Waals surface area contributed by atoms with Gasteiger partial charge in [0.15, 0.2) is 6.29 Å². The minimum atomic E-state index is -0.565. The summed E-state index contributed by atoms with van der Waals surface area (Å²) >= 11 is 0. The van der Waals surface area contributed by atoms with E-state index in [-0.39, 0.29) is 0 Å². The lowest BCUT2D eigenvalue weighted by Crippen LogP contribution is -2.27. The molecule has 0 saturated carbocycles. The molecule has 1 aromatic heterocycles. The normalized spacial score (nSPS) is 10.7. The molecule has 0 aliphatic carbocycles. The largest absolute Gasteiger partial charge is 0.456 e. The summed E-state index contributed by atoms with van der Waals surface area (Å²) in [5.74, 6) is 1.02. The number of nitrogens with one attached hydrogen (secondary N) is 1. The number of ether oxygens (including phenoxy) is 2. The van der Waals surface area contributed by atoms with Crippen LogP contribution in [0.3, 0.4) is 0 Å². The van der Waals surface area contributed by atoms with E-state index in [9.17, 15) is 9.59 Å². The number of anilines is 1. The number of pyridine rings is 1. The number of benzene rings is 1. The fraction of sp³-hybridized carbons (Fsp3) is 0.235. The van der Waals surface area contributed by atoms with E-state index in [1.54, 1.807) is 57.2 Å². The second-order valence-corrected chi connectivity index (χ2v) is 5.79. The van der Waals surface area contributed by atoms with Crippen LogP contribution in [0.4, 0.5) is 10.5 Å². The first-order chi connectivity index (χ1) is 10.9. The van der Waals surface area contributed by atoms with E-state index in [0.29, 0.717) is 29.2 Å². The molecule has 2 aromatic rings. The standard InChI is InChI=1S/C17H18N2O4/c1-17(2,3)23-16(21)19-12-5-4-6-14(9-12)22-15-8-7-13(11-20)18-10-15/h4-11H,1-3H3,(H,19,21). The first-order valence-corrected chi connectivity index (χ1v) is 7.05. The summed E-state index contributed by atoms with van der Waals surface area (Å²) in [5.41, 5.74) is 0.316. The number of aldehydes is 1. The summed E-state index contributed by atoms with van der Waals surface area (Å²) in [5, 5.41) is 2.64. The molecule has 1 N–H and O–H groups in total. The third-order valence-corrected chi connectivity index (χ3v) is 2.59. The number of carbonyl (C=O) groups excluding carboxylic acids is 2. The molecule has 6 heteroatoms. The van der Waals surface area contributed by atoms with E-state index in [1.165, 1.54) is 6.20 Å². The quantitative estimate of drug-likeness (QED) is 0.862. The summed E-state index contributed by atoms with van der Waals surface area (Å²) in [6.45, 7) is 5.38. The van der Waals surface area contributed by atoms with Crippen LogP contribution in [0.2, 0.25) is 0 Å². The molecular weight excluding hydrogens is 296 g/mol. The number of aromatic nitrogens is 1. The molecule has 1 aromatic carbocycles. The number of hydrogen-bond donors (Lipinski definition) is 1. The van der Waals surface area contributed by atoms with Crippen molar-refractivity contribution in [2.24, 2.45) is 0 Å². The minimum Gasteiger partial charge on any atom is -0.456 e. The highest BCUT2D eigenvalue weighted by molar-refractivity contribution is 5.85. The van der Waals surface area contributed by atoms with E-state index < -0.39 is 11.7 Å². The fourth-order valence-corrected chi connectivity index (χ4v) is 1.72. The number of carbonyl (C=O) groups is 2. The molecule has 1 amide bonds. The predicted octanol–water partition coefficient (Wildman–Crippen LogP) is 4.03. The van der Waals surface area contributed by atoms with Gasteiger partial charge in [0.05, 0.1) is 6.20 Å². The maximum absolute atomic E-state index is 11.8. The Kier molecular flexibility index (Phi) is 4.95. The van der Waals surface area contributed by atoms with E-state index in [1.807, 2.05) is 0 Å². The molecule has 2 rings (SSSR count). The summed E-state index contributed by atoms with van der Waals surface area (Å²) < 4.78 is 10.8. The molecule has 23 heavy (non-hydrogen) atoms. The highest BCUT2D eigenvalue weighted by Crippen LogP contribution is 2.24. The third kappa shape index (κ3) is 5.43. The van der Waals surface area contributed by atoms with Gasteiger partial charge in [0.1, 0.15) is 22.8 Å². The maximum atomic E-state index is 11.8. The molecule has 0 fully saturated rings.